The van der Waals surface area contributed by atoms with Crippen LogP contribution in [0.15, 0.2) is 88.1 Å². The maximum Gasteiger partial charge on any atom is 0.347 e. The maximum absolute atomic E-state index is 11.3. The van der Waals surface area contributed by atoms with Crippen molar-refractivity contribution >= 4 is 23.1 Å². The molecule has 0 saturated carbocycles. The number of aromatic nitrogens is 3. The largest absolute Gasteiger partial charge is 0.478 e. The zero-order valence-corrected chi connectivity index (χ0v) is 20.5. The third-order valence-electron chi connectivity index (χ3n) is 5.98. The molecule has 5 aromatic rings. The Labute approximate surface area is 213 Å². The summed E-state index contributed by atoms with van der Waals surface area (Å²) in [5.74, 6) is 0.0334. The molecule has 0 spiro atoms. The van der Waals surface area contributed by atoms with Gasteiger partial charge in [-0.1, -0.05) is 53.7 Å². The Hall–Kier alpha value is -4.66. The first-order valence-corrected chi connectivity index (χ1v) is 11.8. The number of hydrogen-bond donors (Lipinski definition) is 1. The number of fused-ring (bicyclic) bond motifs is 1. The number of carbonyl (C=O) groups is 1. The molecule has 2 aromatic heterocycles. The van der Waals surface area contributed by atoms with E-state index >= 15 is 0 Å². The highest BCUT2D eigenvalue weighted by Gasteiger charge is 2.29. The summed E-state index contributed by atoms with van der Waals surface area (Å²) < 4.78 is 16.5. The van der Waals surface area contributed by atoms with E-state index in [2.05, 4.69) is 15.0 Å². The first kappa shape index (κ1) is 24.1. The van der Waals surface area contributed by atoms with Crippen molar-refractivity contribution in [3.05, 3.63) is 90.3 Å². The van der Waals surface area contributed by atoms with Gasteiger partial charge in [0.1, 0.15) is 11.3 Å². The lowest BCUT2D eigenvalue weighted by Gasteiger charge is -2.22. The fourth-order valence-electron chi connectivity index (χ4n) is 3.84. The van der Waals surface area contributed by atoms with Crippen LogP contribution in [0.1, 0.15) is 25.0 Å². The summed E-state index contributed by atoms with van der Waals surface area (Å²) in [5, 5.41) is 13.2. The van der Waals surface area contributed by atoms with Crippen molar-refractivity contribution in [3.8, 4) is 17.1 Å². The van der Waals surface area contributed by atoms with Gasteiger partial charge < -0.3 is 23.7 Å². The molecule has 0 amide bonds. The molecule has 37 heavy (non-hydrogen) atoms. The molecule has 0 fully saturated rings. The molecule has 5 rings (SSSR count). The third-order valence-corrected chi connectivity index (χ3v) is 5.98. The normalized spacial score (nSPS) is 11.5. The Balaban J connectivity index is 1.33. The van der Waals surface area contributed by atoms with Crippen molar-refractivity contribution in [1.82, 2.24) is 15.1 Å². The van der Waals surface area contributed by atoms with Gasteiger partial charge in [0, 0.05) is 18.7 Å². The second-order valence-corrected chi connectivity index (χ2v) is 9.15. The number of nitrogens with zero attached hydrogens (tertiary/aromatic N) is 4. The average Bonchev–Trinajstić information content (AvgIpc) is 3.58. The van der Waals surface area contributed by atoms with Gasteiger partial charge in [0.2, 0.25) is 12.2 Å². The first-order valence-electron chi connectivity index (χ1n) is 11.8. The minimum Gasteiger partial charge on any atom is -0.478 e. The number of para-hydroxylation sites is 2. The molecule has 0 aliphatic carbocycles. The molecule has 2 heterocycles. The van der Waals surface area contributed by atoms with Crippen molar-refractivity contribution in [2.45, 2.75) is 32.4 Å². The summed E-state index contributed by atoms with van der Waals surface area (Å²) in [6, 6.07) is 23.7. The topological polar surface area (TPSA) is 115 Å². The standard InChI is InChI=1S/C28H26N4O5/c1-28(2,26(33)34)37-22-13-9-19(10-14-22)15-16-32(27-30-23-5-3-4-6-24(23)36-27)17-20-7-11-21(12-8-20)25-29-18-35-31-25/h3-14,18H,15-17H2,1-2H3,(H,33,34). The SMILES string of the molecule is CC(C)(Oc1ccc(CCN(Cc2ccc(-c3ncon3)cc2)c2nc3ccccc3o2)cc1)C(=O)O. The minimum absolute atomic E-state index is 0.508. The van der Waals surface area contributed by atoms with Crippen LogP contribution in [0.3, 0.4) is 0 Å². The molecule has 9 nitrogen and oxygen atoms in total. The second kappa shape index (κ2) is 10.1. The highest BCUT2D eigenvalue weighted by Crippen LogP contribution is 2.25. The summed E-state index contributed by atoms with van der Waals surface area (Å²) >= 11 is 0. The molecule has 3 aromatic carbocycles. The Morgan fingerprint density at radius 1 is 1.00 bits per heavy atom. The number of ether oxygens (including phenoxy) is 1. The van der Waals surface area contributed by atoms with Crippen LogP contribution in [0.2, 0.25) is 0 Å². The van der Waals surface area contributed by atoms with Gasteiger partial charge in [-0.15, -0.1) is 0 Å². The van der Waals surface area contributed by atoms with Crippen molar-refractivity contribution in [1.29, 1.82) is 0 Å². The van der Waals surface area contributed by atoms with Crippen molar-refractivity contribution in [2.75, 3.05) is 11.4 Å². The highest BCUT2D eigenvalue weighted by molar-refractivity contribution is 5.76. The lowest BCUT2D eigenvalue weighted by Crippen LogP contribution is -2.37. The molecule has 1 N–H and O–H groups in total. The zero-order chi connectivity index (χ0) is 25.8. The Bertz CT molecular complexity index is 1440. The Kier molecular flexibility index (Phi) is 6.59. The molecular formula is C28H26N4O5. The van der Waals surface area contributed by atoms with Crippen LogP contribution >= 0.6 is 0 Å². The van der Waals surface area contributed by atoms with Crippen LogP contribution in [-0.4, -0.2) is 38.3 Å². The molecule has 9 heteroatoms. The number of benzene rings is 3. The van der Waals surface area contributed by atoms with Gasteiger partial charge in [0.25, 0.3) is 6.01 Å². The van der Waals surface area contributed by atoms with Gasteiger partial charge in [-0.3, -0.25) is 0 Å². The summed E-state index contributed by atoms with van der Waals surface area (Å²) in [7, 11) is 0. The van der Waals surface area contributed by atoms with Crippen molar-refractivity contribution < 1.29 is 23.6 Å². The van der Waals surface area contributed by atoms with Crippen molar-refractivity contribution in [3.63, 3.8) is 0 Å². The fourth-order valence-corrected chi connectivity index (χ4v) is 3.84. The van der Waals surface area contributed by atoms with E-state index in [-0.39, 0.29) is 0 Å². The van der Waals surface area contributed by atoms with E-state index in [1.165, 1.54) is 20.2 Å². The molecule has 0 bridgehead atoms. The summed E-state index contributed by atoms with van der Waals surface area (Å²) in [5.41, 5.74) is 3.27. The Morgan fingerprint density at radius 3 is 2.41 bits per heavy atom. The fraction of sp³-hybridized carbons (Fsp3) is 0.214. The van der Waals surface area contributed by atoms with E-state index < -0.39 is 11.6 Å². The smallest absolute Gasteiger partial charge is 0.347 e. The number of oxazole rings is 1. The Morgan fingerprint density at radius 2 is 1.73 bits per heavy atom. The van der Waals surface area contributed by atoms with E-state index in [1.807, 2.05) is 60.7 Å². The second-order valence-electron chi connectivity index (χ2n) is 9.15. The molecular weight excluding hydrogens is 472 g/mol. The van der Waals surface area contributed by atoms with Gasteiger partial charge in [-0.25, -0.2) is 4.79 Å². The van der Waals surface area contributed by atoms with E-state index in [9.17, 15) is 9.90 Å². The van der Waals surface area contributed by atoms with Gasteiger partial charge in [-0.2, -0.15) is 9.97 Å². The van der Waals surface area contributed by atoms with Crippen LogP contribution < -0.4 is 9.64 Å². The van der Waals surface area contributed by atoms with E-state index in [1.54, 1.807) is 12.1 Å². The summed E-state index contributed by atoms with van der Waals surface area (Å²) in [4.78, 5) is 22.2. The van der Waals surface area contributed by atoms with Gasteiger partial charge >= 0.3 is 5.97 Å². The highest BCUT2D eigenvalue weighted by atomic mass is 16.5. The number of carboxylic acid groups (broad SMARTS) is 1. The molecule has 0 saturated heterocycles. The number of aliphatic carboxylic acids is 1. The lowest BCUT2D eigenvalue weighted by atomic mass is 10.1. The molecule has 0 radical (unpaired) electrons. The van der Waals surface area contributed by atoms with Crippen LogP contribution in [0.5, 0.6) is 5.75 Å². The molecule has 0 aliphatic heterocycles. The van der Waals surface area contributed by atoms with Gasteiger partial charge in [-0.05, 0) is 55.7 Å². The monoisotopic (exact) mass is 498 g/mol. The van der Waals surface area contributed by atoms with Crippen molar-refractivity contribution in [2.24, 2.45) is 0 Å². The van der Waals surface area contributed by atoms with Crippen LogP contribution in [0, 0.1) is 0 Å². The first-order chi connectivity index (χ1) is 17.9. The summed E-state index contributed by atoms with van der Waals surface area (Å²) in [6.45, 7) is 4.29. The molecule has 0 unspecified atom stereocenters. The van der Waals surface area contributed by atoms with E-state index in [4.69, 9.17) is 18.7 Å². The number of rotatable bonds is 10. The van der Waals surface area contributed by atoms with E-state index in [0.29, 0.717) is 30.7 Å². The van der Waals surface area contributed by atoms with Crippen LogP contribution in [-0.2, 0) is 17.8 Å². The molecule has 0 aliphatic rings. The number of hydrogen-bond acceptors (Lipinski definition) is 8. The van der Waals surface area contributed by atoms with Crippen LogP contribution in [0.25, 0.3) is 22.5 Å². The predicted octanol–water partition coefficient (Wildman–Crippen LogP) is 5.37. The van der Waals surface area contributed by atoms with E-state index in [0.717, 1.165) is 34.2 Å². The molecule has 0 atom stereocenters. The molecule has 188 valence electrons. The summed E-state index contributed by atoms with van der Waals surface area (Å²) in [6.07, 6.45) is 2.03. The van der Waals surface area contributed by atoms with Gasteiger partial charge in [0.05, 0.1) is 0 Å². The number of carboxylic acids is 1. The maximum atomic E-state index is 11.3. The quantitative estimate of drug-likeness (QED) is 0.271. The van der Waals surface area contributed by atoms with Crippen LogP contribution in [0.4, 0.5) is 6.01 Å². The zero-order valence-electron chi connectivity index (χ0n) is 20.5. The predicted molar refractivity (Wildman–Crippen MR) is 137 cm³/mol. The average molecular weight is 499 g/mol. The third kappa shape index (κ3) is 5.61. The lowest BCUT2D eigenvalue weighted by molar-refractivity contribution is -0.152. The number of anilines is 1. The van der Waals surface area contributed by atoms with Gasteiger partial charge in [0.15, 0.2) is 11.2 Å². The minimum atomic E-state index is -1.30.